The topological polar surface area (TPSA) is 81.2 Å². The number of hydrogen-bond acceptors (Lipinski definition) is 6. The molecule has 0 bridgehead atoms. The van der Waals surface area contributed by atoms with Crippen molar-refractivity contribution in [2.24, 2.45) is 0 Å². The maximum absolute atomic E-state index is 12.7. The number of hydrogen-bond donors (Lipinski definition) is 0. The molecule has 22 heavy (non-hydrogen) atoms. The molecular weight excluding hydrogens is 387 g/mol. The van der Waals surface area contributed by atoms with Gasteiger partial charge in [-0.05, 0) is 18.2 Å². The zero-order valence-corrected chi connectivity index (χ0v) is 13.4. The summed E-state index contributed by atoms with van der Waals surface area (Å²) in [4.78, 5) is 1.09. The Bertz CT molecular complexity index is 905. The molecule has 0 aliphatic heterocycles. The number of halogens is 4. The lowest BCUT2D eigenvalue weighted by molar-refractivity contribution is -0.134. The first-order chi connectivity index (χ1) is 9.94. The molecule has 0 atom stereocenters. The van der Waals surface area contributed by atoms with E-state index < -0.39 is 44.1 Å². The molecule has 2 heterocycles. The molecule has 2 aromatic rings. The van der Waals surface area contributed by atoms with Gasteiger partial charge in [0, 0.05) is 16.9 Å². The largest absolute Gasteiger partial charge is 0.425 e. The van der Waals surface area contributed by atoms with Gasteiger partial charge >= 0.3 is 6.18 Å². The average Bonchev–Trinajstić information content (AvgIpc) is 2.85. The minimum atomic E-state index is -4.90. The van der Waals surface area contributed by atoms with Gasteiger partial charge in [0.25, 0.3) is 9.05 Å². The van der Waals surface area contributed by atoms with Crippen molar-refractivity contribution < 1.29 is 30.0 Å². The van der Waals surface area contributed by atoms with Crippen molar-refractivity contribution >= 4 is 40.9 Å². The fourth-order valence-corrected chi connectivity index (χ4v) is 6.12. The molecule has 0 saturated heterocycles. The zero-order chi connectivity index (χ0) is 16.8. The maximum Gasteiger partial charge on any atom is 0.425 e. The molecule has 0 aliphatic carbocycles. The van der Waals surface area contributed by atoms with Crippen LogP contribution in [0.1, 0.15) is 4.88 Å². The van der Waals surface area contributed by atoms with Gasteiger partial charge in [0.05, 0.1) is 0 Å². The predicted octanol–water partition coefficient (Wildman–Crippen LogP) is 2.92. The summed E-state index contributed by atoms with van der Waals surface area (Å²) in [5.74, 6) is 0. The highest BCUT2D eigenvalue weighted by Gasteiger charge is 2.39. The number of pyridine rings is 1. The first kappa shape index (κ1) is 17.2. The van der Waals surface area contributed by atoms with Gasteiger partial charge in [-0.1, -0.05) is 6.07 Å². The number of alkyl halides is 3. The third-order valence-corrected chi connectivity index (χ3v) is 7.60. The van der Waals surface area contributed by atoms with Crippen molar-refractivity contribution in [3.05, 3.63) is 35.3 Å². The molecule has 5 nitrogen and oxygen atoms in total. The van der Waals surface area contributed by atoms with Gasteiger partial charge in [0.15, 0.2) is 9.24 Å². The van der Waals surface area contributed by atoms with Crippen molar-refractivity contribution in [1.29, 1.82) is 0 Å². The fourth-order valence-electron chi connectivity index (χ4n) is 1.47. The van der Waals surface area contributed by atoms with Crippen LogP contribution in [0.25, 0.3) is 0 Å². The fraction of sp³-hybridized carbons (Fsp3) is 0.100. The van der Waals surface area contributed by atoms with E-state index in [-0.39, 0.29) is 17.4 Å². The van der Waals surface area contributed by atoms with Gasteiger partial charge in [0.1, 0.15) is 9.77 Å². The van der Waals surface area contributed by atoms with Crippen LogP contribution in [0, 0.1) is 0 Å². The van der Waals surface area contributed by atoms with Gasteiger partial charge in [0.2, 0.25) is 9.84 Å². The Hall–Kier alpha value is -1.17. The lowest BCUT2D eigenvalue weighted by atomic mass is 10.5. The van der Waals surface area contributed by atoms with Gasteiger partial charge in [-0.15, -0.1) is 11.3 Å². The standard InChI is InChI=1S/C10H5ClF3NO4S3/c11-22(18,19)9-6(5-7(20-9)10(12,13)14)21(16,17)8-3-1-2-4-15-8/h1-5H. The molecular formula is C10H5ClF3NO4S3. The third kappa shape index (κ3) is 3.26. The predicted molar refractivity (Wildman–Crippen MR) is 72.0 cm³/mol. The zero-order valence-electron chi connectivity index (χ0n) is 10.2. The van der Waals surface area contributed by atoms with Crippen molar-refractivity contribution in [3.8, 4) is 0 Å². The molecule has 12 heteroatoms. The minimum Gasteiger partial charge on any atom is -0.244 e. The lowest BCUT2D eigenvalue weighted by Crippen LogP contribution is -2.06. The molecule has 2 rings (SSSR count). The first-order valence-corrected chi connectivity index (χ1v) is 9.87. The summed E-state index contributed by atoms with van der Waals surface area (Å²) in [5, 5.41) is -0.580. The van der Waals surface area contributed by atoms with E-state index in [1.54, 1.807) is 0 Å². The normalized spacial score (nSPS) is 13.3. The second kappa shape index (κ2) is 5.48. The van der Waals surface area contributed by atoms with E-state index in [1.165, 1.54) is 12.1 Å². The van der Waals surface area contributed by atoms with Crippen molar-refractivity contribution in [2.75, 3.05) is 0 Å². The molecule has 0 spiro atoms. The minimum absolute atomic E-state index is 0.240. The molecule has 0 saturated carbocycles. The van der Waals surface area contributed by atoms with Crippen molar-refractivity contribution in [1.82, 2.24) is 4.98 Å². The summed E-state index contributed by atoms with van der Waals surface area (Å²) >= 11 is -0.257. The monoisotopic (exact) mass is 391 g/mol. The smallest absolute Gasteiger partial charge is 0.244 e. The molecule has 0 aromatic carbocycles. The molecule has 0 unspecified atom stereocenters. The summed E-state index contributed by atoms with van der Waals surface area (Å²) in [6.45, 7) is 0. The summed E-state index contributed by atoms with van der Waals surface area (Å²) in [6, 6.07) is 3.97. The third-order valence-electron chi connectivity index (χ3n) is 2.37. The highest BCUT2D eigenvalue weighted by molar-refractivity contribution is 8.15. The van der Waals surface area contributed by atoms with Crippen LogP contribution in [0.4, 0.5) is 13.2 Å². The number of rotatable bonds is 3. The van der Waals surface area contributed by atoms with Crippen molar-refractivity contribution in [2.45, 2.75) is 20.3 Å². The molecule has 0 N–H and O–H groups in total. The van der Waals surface area contributed by atoms with Crippen LogP contribution in [-0.4, -0.2) is 21.8 Å². The Balaban J connectivity index is 2.78. The Labute approximate surface area is 131 Å². The van der Waals surface area contributed by atoms with E-state index in [9.17, 15) is 30.0 Å². The van der Waals surface area contributed by atoms with E-state index in [0.29, 0.717) is 0 Å². The van der Waals surface area contributed by atoms with Crippen LogP contribution in [0.3, 0.4) is 0 Å². The SMILES string of the molecule is O=S(=O)(Cl)c1sc(C(F)(F)F)cc1S(=O)(=O)c1ccccn1. The van der Waals surface area contributed by atoms with Crippen LogP contribution in [0.15, 0.2) is 44.6 Å². The summed E-state index contributed by atoms with van der Waals surface area (Å²) in [5.41, 5.74) is 0. The second-order valence-electron chi connectivity index (χ2n) is 3.87. The highest BCUT2D eigenvalue weighted by atomic mass is 35.7. The van der Waals surface area contributed by atoms with E-state index in [4.69, 9.17) is 10.7 Å². The first-order valence-electron chi connectivity index (χ1n) is 5.26. The van der Waals surface area contributed by atoms with E-state index in [1.807, 2.05) is 0 Å². The van der Waals surface area contributed by atoms with E-state index >= 15 is 0 Å². The Kier molecular flexibility index (Phi) is 4.28. The Morgan fingerprint density at radius 2 is 1.77 bits per heavy atom. The van der Waals surface area contributed by atoms with E-state index in [0.717, 1.165) is 12.3 Å². The molecule has 0 fully saturated rings. The molecule has 0 radical (unpaired) electrons. The van der Waals surface area contributed by atoms with Crippen LogP contribution in [-0.2, 0) is 25.1 Å². The molecule has 120 valence electrons. The van der Waals surface area contributed by atoms with Gasteiger partial charge < -0.3 is 0 Å². The molecule has 0 amide bonds. The van der Waals surface area contributed by atoms with Crippen LogP contribution in [0.5, 0.6) is 0 Å². The van der Waals surface area contributed by atoms with Crippen molar-refractivity contribution in [3.63, 3.8) is 0 Å². The van der Waals surface area contributed by atoms with Crippen LogP contribution in [0.2, 0.25) is 0 Å². The number of nitrogens with zero attached hydrogens (tertiary/aromatic N) is 1. The molecule has 0 aliphatic rings. The van der Waals surface area contributed by atoms with Crippen LogP contribution >= 0.6 is 22.0 Å². The maximum atomic E-state index is 12.7. The highest BCUT2D eigenvalue weighted by Crippen LogP contribution is 2.42. The summed E-state index contributed by atoms with van der Waals surface area (Å²) in [7, 11) is -4.19. The van der Waals surface area contributed by atoms with Gasteiger partial charge in [-0.3, -0.25) is 0 Å². The number of thiophene rings is 1. The average molecular weight is 392 g/mol. The Morgan fingerprint density at radius 1 is 1.14 bits per heavy atom. The van der Waals surface area contributed by atoms with E-state index in [2.05, 4.69) is 4.98 Å². The lowest BCUT2D eigenvalue weighted by Gasteiger charge is -2.02. The Morgan fingerprint density at radius 3 is 2.23 bits per heavy atom. The second-order valence-corrected chi connectivity index (χ2v) is 9.55. The quantitative estimate of drug-likeness (QED) is 0.751. The molecule has 2 aromatic heterocycles. The number of aromatic nitrogens is 1. The summed E-state index contributed by atoms with van der Waals surface area (Å²) < 4.78 is 84.5. The number of sulfone groups is 1. The summed E-state index contributed by atoms with van der Waals surface area (Å²) in [6.07, 6.45) is -3.79. The van der Waals surface area contributed by atoms with Gasteiger partial charge in [-0.2, -0.15) is 13.2 Å². The van der Waals surface area contributed by atoms with Gasteiger partial charge in [-0.25, -0.2) is 21.8 Å². The van der Waals surface area contributed by atoms with Crippen LogP contribution < -0.4 is 0 Å².